The molecular weight excluding hydrogens is 190 g/mol. The van der Waals surface area contributed by atoms with Gasteiger partial charge in [0.05, 0.1) is 25.0 Å². The van der Waals surface area contributed by atoms with Crippen LogP contribution in [0.1, 0.15) is 10.5 Å². The van der Waals surface area contributed by atoms with E-state index < -0.39 is 5.92 Å². The molecule has 0 aliphatic carbocycles. The number of hydrogen-bond donors (Lipinski definition) is 0. The first-order valence-corrected chi connectivity index (χ1v) is 4.15. The Hall–Kier alpha value is -1.52. The third-order valence-electron chi connectivity index (χ3n) is 2.10. The number of anilines is 1. The number of rotatable bonds is 2. The molecule has 0 unspecified atom stereocenters. The van der Waals surface area contributed by atoms with Crippen LogP contribution in [-0.2, 0) is 0 Å². The topological polar surface area (TPSA) is 33.2 Å². The third kappa shape index (κ3) is 1.57. The molecule has 1 aromatic heterocycles. The van der Waals surface area contributed by atoms with Crippen LogP contribution in [-0.4, -0.2) is 30.3 Å². The number of carbonyl (C=O) groups is 1. The number of carbonyl (C=O) groups excluding carboxylic acids is 1. The lowest BCUT2D eigenvalue weighted by Crippen LogP contribution is -2.56. The molecule has 1 aliphatic rings. The van der Waals surface area contributed by atoms with E-state index in [0.717, 1.165) is 0 Å². The Kier molecular flexibility index (Phi) is 1.94. The van der Waals surface area contributed by atoms with Gasteiger partial charge < -0.3 is 4.90 Å². The molecule has 2 rings (SSSR count). The molecule has 14 heavy (non-hydrogen) atoms. The van der Waals surface area contributed by atoms with Crippen molar-refractivity contribution in [2.24, 2.45) is 0 Å². The van der Waals surface area contributed by atoms with Gasteiger partial charge in [-0.05, 0) is 12.1 Å². The zero-order chi connectivity index (χ0) is 10.2. The minimum atomic E-state index is -2.58. The average Bonchev–Trinajstić information content (AvgIpc) is 2.14. The SMILES string of the molecule is O=Cc1ccc(N2CC(F)(F)C2)cn1. The summed E-state index contributed by atoms with van der Waals surface area (Å²) in [5.41, 5.74) is 0.933. The van der Waals surface area contributed by atoms with E-state index >= 15 is 0 Å². The summed E-state index contributed by atoms with van der Waals surface area (Å²) in [6.07, 6.45) is 2.05. The van der Waals surface area contributed by atoms with Gasteiger partial charge in [-0.3, -0.25) is 9.78 Å². The van der Waals surface area contributed by atoms with E-state index in [-0.39, 0.29) is 13.1 Å². The van der Waals surface area contributed by atoms with Crippen LogP contribution in [0.5, 0.6) is 0 Å². The monoisotopic (exact) mass is 198 g/mol. The minimum Gasteiger partial charge on any atom is -0.358 e. The van der Waals surface area contributed by atoms with Crippen LogP contribution in [0.3, 0.4) is 0 Å². The Balaban J connectivity index is 2.08. The van der Waals surface area contributed by atoms with Crippen LogP contribution in [0.15, 0.2) is 18.3 Å². The summed E-state index contributed by atoms with van der Waals surface area (Å²) in [7, 11) is 0. The van der Waals surface area contributed by atoms with Gasteiger partial charge in [0.1, 0.15) is 5.69 Å². The van der Waals surface area contributed by atoms with Gasteiger partial charge >= 0.3 is 0 Å². The van der Waals surface area contributed by atoms with Crippen molar-refractivity contribution in [1.29, 1.82) is 0 Å². The molecule has 0 amide bonds. The predicted octanol–water partition coefficient (Wildman–Crippen LogP) is 1.35. The van der Waals surface area contributed by atoms with Gasteiger partial charge in [0.25, 0.3) is 5.92 Å². The van der Waals surface area contributed by atoms with E-state index in [9.17, 15) is 13.6 Å². The summed E-state index contributed by atoms with van der Waals surface area (Å²) in [6.45, 7) is -0.537. The molecule has 1 saturated heterocycles. The largest absolute Gasteiger partial charge is 0.358 e. The maximum absolute atomic E-state index is 12.5. The highest BCUT2D eigenvalue weighted by Crippen LogP contribution is 2.30. The summed E-state index contributed by atoms with van der Waals surface area (Å²) in [6, 6.07) is 3.13. The summed E-state index contributed by atoms with van der Waals surface area (Å²) in [5, 5.41) is 0. The zero-order valence-corrected chi connectivity index (χ0v) is 7.28. The smallest absolute Gasteiger partial charge is 0.282 e. The molecule has 0 bridgehead atoms. The van der Waals surface area contributed by atoms with Crippen LogP contribution < -0.4 is 4.90 Å². The number of halogens is 2. The van der Waals surface area contributed by atoms with Gasteiger partial charge in [-0.1, -0.05) is 0 Å². The first kappa shape index (κ1) is 9.05. The maximum Gasteiger partial charge on any atom is 0.282 e. The summed E-state index contributed by atoms with van der Waals surface area (Å²) in [5.74, 6) is -2.58. The molecule has 0 N–H and O–H groups in total. The van der Waals surface area contributed by atoms with E-state index in [1.54, 1.807) is 6.07 Å². The molecule has 1 aromatic rings. The molecule has 3 nitrogen and oxygen atoms in total. The second-order valence-corrected chi connectivity index (χ2v) is 3.27. The van der Waals surface area contributed by atoms with Crippen molar-refractivity contribution >= 4 is 12.0 Å². The average molecular weight is 198 g/mol. The fourth-order valence-corrected chi connectivity index (χ4v) is 1.35. The zero-order valence-electron chi connectivity index (χ0n) is 7.28. The Morgan fingerprint density at radius 1 is 1.43 bits per heavy atom. The van der Waals surface area contributed by atoms with Gasteiger partial charge in [-0.15, -0.1) is 0 Å². The molecular formula is C9H8F2N2O. The first-order chi connectivity index (χ1) is 6.61. The number of hydrogen-bond acceptors (Lipinski definition) is 3. The number of aromatic nitrogens is 1. The molecule has 5 heteroatoms. The summed E-state index contributed by atoms with van der Waals surface area (Å²) >= 11 is 0. The molecule has 0 saturated carbocycles. The lowest BCUT2D eigenvalue weighted by Gasteiger charge is -2.40. The highest BCUT2D eigenvalue weighted by atomic mass is 19.3. The molecule has 0 atom stereocenters. The number of aldehydes is 1. The van der Waals surface area contributed by atoms with E-state index in [1.807, 2.05) is 0 Å². The van der Waals surface area contributed by atoms with Gasteiger partial charge in [0.2, 0.25) is 0 Å². The van der Waals surface area contributed by atoms with Crippen molar-refractivity contribution in [3.63, 3.8) is 0 Å². The van der Waals surface area contributed by atoms with Crippen molar-refractivity contribution in [2.75, 3.05) is 18.0 Å². The van der Waals surface area contributed by atoms with Crippen molar-refractivity contribution in [3.05, 3.63) is 24.0 Å². The first-order valence-electron chi connectivity index (χ1n) is 4.15. The number of alkyl halides is 2. The Morgan fingerprint density at radius 2 is 2.14 bits per heavy atom. The van der Waals surface area contributed by atoms with Crippen molar-refractivity contribution in [1.82, 2.24) is 4.98 Å². The van der Waals surface area contributed by atoms with Gasteiger partial charge in [0, 0.05) is 0 Å². The summed E-state index contributed by atoms with van der Waals surface area (Å²) < 4.78 is 25.0. The molecule has 1 aliphatic heterocycles. The third-order valence-corrected chi connectivity index (χ3v) is 2.10. The van der Waals surface area contributed by atoms with Gasteiger partial charge in [-0.2, -0.15) is 0 Å². The second kappa shape index (κ2) is 3.01. The molecule has 0 spiro atoms. The lowest BCUT2D eigenvalue weighted by atomic mass is 10.1. The Morgan fingerprint density at radius 3 is 2.57 bits per heavy atom. The second-order valence-electron chi connectivity index (χ2n) is 3.27. The van der Waals surface area contributed by atoms with E-state index in [2.05, 4.69) is 4.98 Å². The van der Waals surface area contributed by atoms with E-state index in [0.29, 0.717) is 17.7 Å². The molecule has 0 radical (unpaired) electrons. The maximum atomic E-state index is 12.5. The highest BCUT2D eigenvalue weighted by Gasteiger charge is 2.43. The van der Waals surface area contributed by atoms with Crippen molar-refractivity contribution in [3.8, 4) is 0 Å². The number of nitrogens with zero attached hydrogens (tertiary/aromatic N) is 2. The fourth-order valence-electron chi connectivity index (χ4n) is 1.35. The molecule has 74 valence electrons. The van der Waals surface area contributed by atoms with Crippen LogP contribution in [0.25, 0.3) is 0 Å². The molecule has 1 fully saturated rings. The minimum absolute atomic E-state index is 0.269. The molecule has 0 aromatic carbocycles. The van der Waals surface area contributed by atoms with Crippen LogP contribution >= 0.6 is 0 Å². The van der Waals surface area contributed by atoms with Crippen molar-refractivity contribution in [2.45, 2.75) is 5.92 Å². The van der Waals surface area contributed by atoms with Gasteiger partial charge in [0.15, 0.2) is 6.29 Å². The van der Waals surface area contributed by atoms with Crippen LogP contribution in [0.2, 0.25) is 0 Å². The van der Waals surface area contributed by atoms with E-state index in [1.165, 1.54) is 17.2 Å². The quantitative estimate of drug-likeness (QED) is 0.672. The van der Waals surface area contributed by atoms with Gasteiger partial charge in [-0.25, -0.2) is 8.78 Å². The van der Waals surface area contributed by atoms with E-state index in [4.69, 9.17) is 0 Å². The fraction of sp³-hybridized carbons (Fsp3) is 0.333. The van der Waals surface area contributed by atoms with Crippen LogP contribution in [0, 0.1) is 0 Å². The van der Waals surface area contributed by atoms with Crippen LogP contribution in [0.4, 0.5) is 14.5 Å². The standard InChI is InChI=1S/C9H8F2N2O/c10-9(11)5-13(6-9)8-2-1-7(4-14)12-3-8/h1-4H,5-6H2. The predicted molar refractivity (Wildman–Crippen MR) is 46.8 cm³/mol. The highest BCUT2D eigenvalue weighted by molar-refractivity contribution is 5.72. The lowest BCUT2D eigenvalue weighted by molar-refractivity contribution is -0.0262. The molecule has 2 heterocycles. The number of pyridine rings is 1. The normalized spacial score (nSPS) is 18.9. The Labute approximate surface area is 79.4 Å². The summed E-state index contributed by atoms with van der Waals surface area (Å²) in [4.78, 5) is 15.6. The Bertz CT molecular complexity index is 342. The van der Waals surface area contributed by atoms with Crippen molar-refractivity contribution < 1.29 is 13.6 Å².